The van der Waals surface area contributed by atoms with Crippen molar-refractivity contribution in [2.24, 2.45) is 7.05 Å². The minimum atomic E-state index is -0.0902. The lowest BCUT2D eigenvalue weighted by molar-refractivity contribution is 0.0743. The highest BCUT2D eigenvalue weighted by Crippen LogP contribution is 2.30. The topological polar surface area (TPSA) is 34.5 Å². The van der Waals surface area contributed by atoms with Gasteiger partial charge in [-0.3, -0.25) is 4.79 Å². The Morgan fingerprint density at radius 2 is 1.79 bits per heavy atom. The van der Waals surface area contributed by atoms with Gasteiger partial charge < -0.3 is 14.2 Å². The Morgan fingerprint density at radius 1 is 1.12 bits per heavy atom. The van der Waals surface area contributed by atoms with Gasteiger partial charge in [0.05, 0.1) is 18.7 Å². The molecule has 3 aromatic rings. The van der Waals surface area contributed by atoms with Crippen molar-refractivity contribution in [3.63, 3.8) is 0 Å². The number of amides is 1. The van der Waals surface area contributed by atoms with E-state index in [0.717, 1.165) is 27.8 Å². The zero-order valence-corrected chi connectivity index (χ0v) is 14.5. The van der Waals surface area contributed by atoms with Crippen LogP contribution in [-0.4, -0.2) is 29.5 Å². The molecule has 0 aliphatic carbocycles. The summed E-state index contributed by atoms with van der Waals surface area (Å²) in [6.45, 7) is 2.01. The van der Waals surface area contributed by atoms with Crippen LogP contribution in [0.15, 0.2) is 54.7 Å². The smallest absolute Gasteiger partial charge is 0.256 e. The largest absolute Gasteiger partial charge is 0.496 e. The highest BCUT2D eigenvalue weighted by atomic mass is 16.5. The summed E-state index contributed by atoms with van der Waals surface area (Å²) in [4.78, 5) is 14.8. The number of rotatable bonds is 4. The van der Waals surface area contributed by atoms with Gasteiger partial charge in [-0.25, -0.2) is 0 Å². The van der Waals surface area contributed by atoms with Gasteiger partial charge in [0.25, 0.3) is 5.91 Å². The number of benzene rings is 2. The number of aromatic nitrogens is 1. The van der Waals surface area contributed by atoms with Crippen molar-refractivity contribution in [1.82, 2.24) is 9.47 Å². The monoisotopic (exact) mass is 322 g/mol. The van der Waals surface area contributed by atoms with Crippen molar-refractivity contribution < 1.29 is 9.53 Å². The average Bonchev–Trinajstić information content (AvgIpc) is 2.97. The Hall–Kier alpha value is -2.75. The van der Waals surface area contributed by atoms with Crippen LogP contribution >= 0.6 is 0 Å². The Kier molecular flexibility index (Phi) is 4.30. The van der Waals surface area contributed by atoms with Crippen LogP contribution < -0.4 is 4.74 Å². The van der Waals surface area contributed by atoms with Crippen molar-refractivity contribution in [3.8, 4) is 5.75 Å². The zero-order valence-electron chi connectivity index (χ0n) is 14.5. The van der Waals surface area contributed by atoms with Crippen molar-refractivity contribution in [1.29, 1.82) is 0 Å². The molecule has 3 rings (SSSR count). The molecule has 0 aliphatic heterocycles. The van der Waals surface area contributed by atoms with Crippen molar-refractivity contribution in [2.45, 2.75) is 13.0 Å². The Labute approximate surface area is 142 Å². The fourth-order valence-electron chi connectivity index (χ4n) is 3.10. The Morgan fingerprint density at radius 3 is 2.54 bits per heavy atom. The molecule has 0 N–H and O–H groups in total. The fourth-order valence-corrected chi connectivity index (χ4v) is 3.10. The van der Waals surface area contributed by atoms with Crippen LogP contribution in [0, 0.1) is 0 Å². The predicted octanol–water partition coefficient (Wildman–Crippen LogP) is 4.02. The highest BCUT2D eigenvalue weighted by Gasteiger charge is 2.23. The summed E-state index contributed by atoms with van der Waals surface area (Å²) in [5.41, 5.74) is 2.77. The van der Waals surface area contributed by atoms with Crippen molar-refractivity contribution in [2.75, 3.05) is 14.2 Å². The predicted molar refractivity (Wildman–Crippen MR) is 96.4 cm³/mol. The lowest BCUT2D eigenvalue weighted by Crippen LogP contribution is -2.29. The van der Waals surface area contributed by atoms with Gasteiger partial charge >= 0.3 is 0 Å². The van der Waals surface area contributed by atoms with E-state index in [1.54, 1.807) is 12.0 Å². The number of methoxy groups -OCH3 is 1. The van der Waals surface area contributed by atoms with E-state index in [1.165, 1.54) is 0 Å². The van der Waals surface area contributed by atoms with Crippen LogP contribution in [0.2, 0.25) is 0 Å². The van der Waals surface area contributed by atoms with Crippen LogP contribution in [0.4, 0.5) is 0 Å². The number of ether oxygens (including phenoxy) is 1. The van der Waals surface area contributed by atoms with Gasteiger partial charge in [-0.1, -0.05) is 36.4 Å². The maximum Gasteiger partial charge on any atom is 0.256 e. The number of nitrogens with zero attached hydrogens (tertiary/aromatic N) is 2. The third-order valence-electron chi connectivity index (χ3n) is 4.62. The number of para-hydroxylation sites is 2. The summed E-state index contributed by atoms with van der Waals surface area (Å²) < 4.78 is 7.42. The molecule has 24 heavy (non-hydrogen) atoms. The van der Waals surface area contributed by atoms with Crippen LogP contribution in [0.5, 0.6) is 5.75 Å². The van der Waals surface area contributed by atoms with E-state index in [-0.39, 0.29) is 11.9 Å². The molecule has 2 aromatic carbocycles. The molecule has 1 atom stereocenters. The van der Waals surface area contributed by atoms with Gasteiger partial charge in [-0.2, -0.15) is 0 Å². The number of aryl methyl sites for hydroxylation is 1. The summed E-state index contributed by atoms with van der Waals surface area (Å²) in [6, 6.07) is 15.7. The minimum Gasteiger partial charge on any atom is -0.496 e. The van der Waals surface area contributed by atoms with E-state index >= 15 is 0 Å². The second kappa shape index (κ2) is 6.40. The average molecular weight is 322 g/mol. The summed E-state index contributed by atoms with van der Waals surface area (Å²) in [6.07, 6.45) is 1.90. The number of fused-ring (bicyclic) bond motifs is 1. The van der Waals surface area contributed by atoms with E-state index in [0.29, 0.717) is 0 Å². The number of hydrogen-bond donors (Lipinski definition) is 0. The molecule has 0 bridgehead atoms. The summed E-state index contributed by atoms with van der Waals surface area (Å²) in [7, 11) is 5.45. The van der Waals surface area contributed by atoms with E-state index in [4.69, 9.17) is 4.74 Å². The second-order valence-corrected chi connectivity index (χ2v) is 6.00. The van der Waals surface area contributed by atoms with Crippen molar-refractivity contribution in [3.05, 3.63) is 65.9 Å². The maximum atomic E-state index is 13.1. The first kappa shape index (κ1) is 16.1. The molecule has 1 heterocycles. The molecule has 0 unspecified atom stereocenters. The lowest BCUT2D eigenvalue weighted by atomic mass is 10.0. The molecule has 0 radical (unpaired) electrons. The fraction of sp³-hybridized carbons (Fsp3) is 0.250. The first-order chi connectivity index (χ1) is 11.5. The third kappa shape index (κ3) is 2.64. The van der Waals surface area contributed by atoms with Gasteiger partial charge in [0, 0.05) is 36.8 Å². The van der Waals surface area contributed by atoms with E-state index in [2.05, 4.69) is 0 Å². The Balaban J connectivity index is 1.97. The maximum absolute atomic E-state index is 13.1. The lowest BCUT2D eigenvalue weighted by Gasteiger charge is -2.26. The van der Waals surface area contributed by atoms with Gasteiger partial charge in [0.15, 0.2) is 0 Å². The van der Waals surface area contributed by atoms with E-state index in [9.17, 15) is 4.79 Å². The molecule has 0 saturated carbocycles. The Bertz CT molecular complexity index is 882. The molecule has 1 amide bonds. The highest BCUT2D eigenvalue weighted by molar-refractivity contribution is 6.07. The molecule has 1 aromatic heterocycles. The summed E-state index contributed by atoms with van der Waals surface area (Å²) in [5, 5.41) is 0.976. The number of carbonyl (C=O) groups is 1. The molecular weight excluding hydrogens is 300 g/mol. The van der Waals surface area contributed by atoms with Gasteiger partial charge in [-0.15, -0.1) is 0 Å². The van der Waals surface area contributed by atoms with Gasteiger partial charge in [0.1, 0.15) is 5.75 Å². The van der Waals surface area contributed by atoms with Crippen LogP contribution in [0.25, 0.3) is 10.9 Å². The molecule has 0 fully saturated rings. The van der Waals surface area contributed by atoms with E-state index in [1.807, 2.05) is 80.3 Å². The van der Waals surface area contributed by atoms with Crippen molar-refractivity contribution >= 4 is 16.8 Å². The minimum absolute atomic E-state index is 0.00482. The summed E-state index contributed by atoms with van der Waals surface area (Å²) >= 11 is 0. The van der Waals surface area contributed by atoms with E-state index < -0.39 is 0 Å². The molecule has 124 valence electrons. The van der Waals surface area contributed by atoms with Crippen LogP contribution in [-0.2, 0) is 7.05 Å². The molecular formula is C20H22N2O2. The zero-order chi connectivity index (χ0) is 17.3. The first-order valence-corrected chi connectivity index (χ1v) is 7.98. The molecule has 0 spiro atoms. The van der Waals surface area contributed by atoms with Crippen LogP contribution in [0.3, 0.4) is 0 Å². The molecule has 4 nitrogen and oxygen atoms in total. The molecule has 0 saturated heterocycles. The van der Waals surface area contributed by atoms with Gasteiger partial charge in [0.2, 0.25) is 0 Å². The molecule has 4 heteroatoms. The van der Waals surface area contributed by atoms with Crippen LogP contribution in [0.1, 0.15) is 28.9 Å². The summed E-state index contributed by atoms with van der Waals surface area (Å²) in [5.74, 6) is 0.799. The molecule has 0 aliphatic rings. The second-order valence-electron chi connectivity index (χ2n) is 6.00. The van der Waals surface area contributed by atoms with Gasteiger partial charge in [-0.05, 0) is 19.1 Å². The first-order valence-electron chi connectivity index (χ1n) is 7.98. The number of carbonyl (C=O) groups excluding carboxylic acids is 1. The third-order valence-corrected chi connectivity index (χ3v) is 4.62. The SMILES string of the molecule is COc1ccccc1[C@@H](C)N(C)C(=O)c1cn(C)c2ccccc12. The number of hydrogen-bond acceptors (Lipinski definition) is 2. The normalized spacial score (nSPS) is 12.2. The quantitative estimate of drug-likeness (QED) is 0.727. The standard InChI is InChI=1S/C20H22N2O2/c1-14(15-9-6-8-12-19(15)24-4)22(3)20(23)17-13-21(2)18-11-7-5-10-16(17)18/h5-14H,1-4H3/t14-/m1/s1.